The zero-order valence-corrected chi connectivity index (χ0v) is 12.0. The van der Waals surface area contributed by atoms with Crippen molar-refractivity contribution in [2.24, 2.45) is 0 Å². The van der Waals surface area contributed by atoms with Gasteiger partial charge in [0, 0.05) is 15.8 Å². The van der Waals surface area contributed by atoms with Crippen molar-refractivity contribution in [3.8, 4) is 0 Å². The van der Waals surface area contributed by atoms with Crippen LogP contribution >= 0.6 is 34.7 Å². The molecule has 0 spiro atoms. The van der Waals surface area contributed by atoms with Crippen LogP contribution in [0.25, 0.3) is 0 Å². The standard InChI is InChI=1S/C12H11ClN2OS2/c1-17-10-4-2-8(3-5-10)11(16)15-12-14-9(6-13)7-18-12/h2-5,7H,6H2,1H3,(H,14,15,16). The molecule has 0 aliphatic heterocycles. The number of thioether (sulfide) groups is 1. The number of aromatic nitrogens is 1. The molecule has 1 aromatic heterocycles. The molecule has 0 fully saturated rings. The highest BCUT2D eigenvalue weighted by Gasteiger charge is 2.08. The third-order valence-electron chi connectivity index (χ3n) is 2.26. The van der Waals surface area contributed by atoms with Crippen molar-refractivity contribution in [3.05, 3.63) is 40.9 Å². The van der Waals surface area contributed by atoms with E-state index in [2.05, 4.69) is 10.3 Å². The molecule has 0 bridgehead atoms. The molecule has 1 N–H and O–H groups in total. The molecule has 0 radical (unpaired) electrons. The summed E-state index contributed by atoms with van der Waals surface area (Å²) in [5.74, 6) is 0.201. The van der Waals surface area contributed by atoms with Crippen LogP contribution in [0.2, 0.25) is 0 Å². The van der Waals surface area contributed by atoms with Crippen molar-refractivity contribution in [1.82, 2.24) is 4.98 Å². The maximum atomic E-state index is 11.9. The molecule has 0 saturated carbocycles. The van der Waals surface area contributed by atoms with Gasteiger partial charge in [-0.05, 0) is 30.5 Å². The lowest BCUT2D eigenvalue weighted by Gasteiger charge is -2.02. The fourth-order valence-corrected chi connectivity index (χ4v) is 2.68. The quantitative estimate of drug-likeness (QED) is 0.688. The van der Waals surface area contributed by atoms with Crippen molar-refractivity contribution in [3.63, 3.8) is 0 Å². The van der Waals surface area contributed by atoms with Crippen molar-refractivity contribution >= 4 is 45.7 Å². The summed E-state index contributed by atoms with van der Waals surface area (Å²) in [6.45, 7) is 0. The Morgan fingerprint density at radius 1 is 1.44 bits per heavy atom. The van der Waals surface area contributed by atoms with Crippen LogP contribution in [0.15, 0.2) is 34.5 Å². The number of halogens is 1. The van der Waals surface area contributed by atoms with Crippen LogP contribution in [-0.4, -0.2) is 17.1 Å². The van der Waals surface area contributed by atoms with Gasteiger partial charge in [0.25, 0.3) is 5.91 Å². The average molecular weight is 299 g/mol. The first-order valence-electron chi connectivity index (χ1n) is 5.18. The summed E-state index contributed by atoms with van der Waals surface area (Å²) < 4.78 is 0. The largest absolute Gasteiger partial charge is 0.298 e. The molecule has 94 valence electrons. The highest BCUT2D eigenvalue weighted by molar-refractivity contribution is 7.98. The van der Waals surface area contributed by atoms with Gasteiger partial charge in [0.2, 0.25) is 0 Å². The molecular weight excluding hydrogens is 288 g/mol. The van der Waals surface area contributed by atoms with Gasteiger partial charge in [-0.25, -0.2) is 4.98 Å². The second-order valence-corrected chi connectivity index (χ2v) is 5.47. The number of amides is 1. The molecule has 0 atom stereocenters. The predicted molar refractivity (Wildman–Crippen MR) is 77.8 cm³/mol. The van der Waals surface area contributed by atoms with E-state index in [0.717, 1.165) is 10.6 Å². The first kappa shape index (κ1) is 13.4. The number of nitrogens with zero attached hydrogens (tertiary/aromatic N) is 1. The maximum absolute atomic E-state index is 11.9. The summed E-state index contributed by atoms with van der Waals surface area (Å²) in [6.07, 6.45) is 2.00. The fourth-order valence-electron chi connectivity index (χ4n) is 1.34. The van der Waals surface area contributed by atoms with Crippen molar-refractivity contribution in [2.45, 2.75) is 10.8 Å². The van der Waals surface area contributed by atoms with Crippen LogP contribution in [-0.2, 0) is 5.88 Å². The Bertz CT molecular complexity index is 539. The average Bonchev–Trinajstić information content (AvgIpc) is 2.86. The number of benzene rings is 1. The smallest absolute Gasteiger partial charge is 0.257 e. The minimum Gasteiger partial charge on any atom is -0.298 e. The zero-order valence-electron chi connectivity index (χ0n) is 9.64. The summed E-state index contributed by atoms with van der Waals surface area (Å²) in [4.78, 5) is 17.2. The highest BCUT2D eigenvalue weighted by Crippen LogP contribution is 2.19. The molecule has 2 rings (SSSR count). The number of carbonyl (C=O) groups is 1. The van der Waals surface area contributed by atoms with Crippen LogP contribution in [0.4, 0.5) is 5.13 Å². The van der Waals surface area contributed by atoms with E-state index < -0.39 is 0 Å². The molecule has 2 aromatic rings. The second kappa shape index (κ2) is 6.22. The molecule has 18 heavy (non-hydrogen) atoms. The topological polar surface area (TPSA) is 42.0 Å². The first-order valence-corrected chi connectivity index (χ1v) is 7.82. The lowest BCUT2D eigenvalue weighted by molar-refractivity contribution is 0.102. The SMILES string of the molecule is CSc1ccc(C(=O)Nc2nc(CCl)cs2)cc1. The van der Waals surface area contributed by atoms with Crippen molar-refractivity contribution < 1.29 is 4.79 Å². The molecule has 6 heteroatoms. The Morgan fingerprint density at radius 2 is 2.17 bits per heavy atom. The van der Waals surface area contributed by atoms with Gasteiger partial charge in [0.1, 0.15) is 0 Å². The maximum Gasteiger partial charge on any atom is 0.257 e. The van der Waals surface area contributed by atoms with E-state index in [0.29, 0.717) is 16.6 Å². The van der Waals surface area contributed by atoms with Crippen LogP contribution in [0.5, 0.6) is 0 Å². The molecule has 0 saturated heterocycles. The molecule has 1 heterocycles. The Morgan fingerprint density at radius 3 is 2.72 bits per heavy atom. The van der Waals surface area contributed by atoms with Gasteiger partial charge in [-0.3, -0.25) is 10.1 Å². The molecule has 3 nitrogen and oxygen atoms in total. The monoisotopic (exact) mass is 298 g/mol. The van der Waals surface area contributed by atoms with Gasteiger partial charge < -0.3 is 0 Å². The number of carbonyl (C=O) groups excluding carboxylic acids is 1. The molecular formula is C12H11ClN2OS2. The molecule has 0 unspecified atom stereocenters. The lowest BCUT2D eigenvalue weighted by Crippen LogP contribution is -2.11. The third kappa shape index (κ3) is 3.25. The number of anilines is 1. The van der Waals surface area contributed by atoms with E-state index in [-0.39, 0.29) is 5.91 Å². The van der Waals surface area contributed by atoms with E-state index in [9.17, 15) is 4.79 Å². The predicted octanol–water partition coefficient (Wildman–Crippen LogP) is 3.86. The Kier molecular flexibility index (Phi) is 4.63. The summed E-state index contributed by atoms with van der Waals surface area (Å²) in [7, 11) is 0. The molecule has 1 amide bonds. The highest BCUT2D eigenvalue weighted by atomic mass is 35.5. The van der Waals surface area contributed by atoms with Gasteiger partial charge in [-0.1, -0.05) is 0 Å². The lowest BCUT2D eigenvalue weighted by atomic mass is 10.2. The fraction of sp³-hybridized carbons (Fsp3) is 0.167. The molecule has 0 aliphatic rings. The van der Waals surface area contributed by atoms with Gasteiger partial charge in [0.05, 0.1) is 11.6 Å². The normalized spacial score (nSPS) is 10.3. The summed E-state index contributed by atoms with van der Waals surface area (Å²) >= 11 is 8.67. The van der Waals surface area contributed by atoms with E-state index in [1.165, 1.54) is 11.3 Å². The second-order valence-electron chi connectivity index (χ2n) is 3.46. The summed E-state index contributed by atoms with van der Waals surface area (Å²) in [6, 6.07) is 7.45. The Hall–Kier alpha value is -1.04. The summed E-state index contributed by atoms with van der Waals surface area (Å²) in [5.41, 5.74) is 1.39. The minimum atomic E-state index is -0.155. The first-order chi connectivity index (χ1) is 8.72. The van der Waals surface area contributed by atoms with Crippen LogP contribution in [0.1, 0.15) is 16.1 Å². The number of rotatable bonds is 4. The minimum absolute atomic E-state index is 0.155. The number of hydrogen-bond acceptors (Lipinski definition) is 4. The molecule has 1 aromatic carbocycles. The number of nitrogens with one attached hydrogen (secondary N) is 1. The Labute approximate surface area is 119 Å². The number of thiazole rings is 1. The Balaban J connectivity index is 2.06. The van der Waals surface area contributed by atoms with Gasteiger partial charge in [-0.2, -0.15) is 0 Å². The van der Waals surface area contributed by atoms with Crippen LogP contribution in [0, 0.1) is 0 Å². The van der Waals surface area contributed by atoms with Crippen LogP contribution in [0.3, 0.4) is 0 Å². The number of hydrogen-bond donors (Lipinski definition) is 1. The number of alkyl halides is 1. The van der Waals surface area contributed by atoms with Crippen molar-refractivity contribution in [1.29, 1.82) is 0 Å². The van der Waals surface area contributed by atoms with Gasteiger partial charge >= 0.3 is 0 Å². The molecule has 0 aliphatic carbocycles. The third-order valence-corrected chi connectivity index (χ3v) is 4.09. The zero-order chi connectivity index (χ0) is 13.0. The van der Waals surface area contributed by atoms with Gasteiger partial charge in [0.15, 0.2) is 5.13 Å². The summed E-state index contributed by atoms with van der Waals surface area (Å²) in [5, 5.41) is 5.16. The van der Waals surface area contributed by atoms with Crippen LogP contribution < -0.4 is 5.32 Å². The van der Waals surface area contributed by atoms with Crippen molar-refractivity contribution in [2.75, 3.05) is 11.6 Å². The van der Waals surface area contributed by atoms with E-state index in [4.69, 9.17) is 11.6 Å². The van der Waals surface area contributed by atoms with E-state index in [1.54, 1.807) is 23.9 Å². The van der Waals surface area contributed by atoms with E-state index >= 15 is 0 Å². The van der Waals surface area contributed by atoms with Gasteiger partial charge in [-0.15, -0.1) is 34.7 Å². The van der Waals surface area contributed by atoms with E-state index in [1.807, 2.05) is 23.8 Å².